The van der Waals surface area contributed by atoms with Crippen molar-refractivity contribution in [2.24, 2.45) is 0 Å². The van der Waals surface area contributed by atoms with Crippen molar-refractivity contribution in [3.05, 3.63) is 55.0 Å². The van der Waals surface area contributed by atoms with Crippen LogP contribution in [-0.4, -0.2) is 56.8 Å². The van der Waals surface area contributed by atoms with E-state index < -0.39 is 11.3 Å². The number of amides is 1. The largest absolute Gasteiger partial charge is 0.444 e. The van der Waals surface area contributed by atoms with Crippen molar-refractivity contribution >= 4 is 62.1 Å². The highest BCUT2D eigenvalue weighted by Crippen LogP contribution is 2.34. The summed E-state index contributed by atoms with van der Waals surface area (Å²) < 4.78 is 7.94. The Morgan fingerprint density at radius 2 is 1.86 bits per heavy atom. The van der Waals surface area contributed by atoms with E-state index in [2.05, 4.69) is 39.7 Å². The van der Waals surface area contributed by atoms with Crippen LogP contribution in [-0.2, 0) is 4.74 Å². The van der Waals surface area contributed by atoms with Crippen LogP contribution >= 0.6 is 39.1 Å². The van der Waals surface area contributed by atoms with E-state index in [1.54, 1.807) is 11.0 Å². The molecule has 1 amide bonds. The maximum atomic E-state index is 13.6. The first-order valence-corrected chi connectivity index (χ1v) is 13.6. The van der Waals surface area contributed by atoms with Gasteiger partial charge in [0, 0.05) is 30.1 Å². The molecule has 11 heteroatoms. The van der Waals surface area contributed by atoms with Gasteiger partial charge in [-0.2, -0.15) is 4.98 Å². The van der Waals surface area contributed by atoms with Crippen molar-refractivity contribution in [2.75, 3.05) is 24.5 Å². The van der Waals surface area contributed by atoms with Crippen LogP contribution in [0.2, 0.25) is 10.2 Å². The van der Waals surface area contributed by atoms with Gasteiger partial charge in [-0.25, -0.2) is 19.1 Å². The Hall–Kier alpha value is -2.36. The van der Waals surface area contributed by atoms with E-state index in [0.29, 0.717) is 42.2 Å². The van der Waals surface area contributed by atoms with E-state index in [1.165, 1.54) is 4.57 Å². The second-order valence-corrected chi connectivity index (χ2v) is 12.2. The second-order valence-electron chi connectivity index (χ2n) is 10.5. The molecule has 8 nitrogen and oxygen atoms in total. The monoisotopic (exact) mass is 609 g/mol. The molecular weight excluding hydrogens is 581 g/mol. The predicted octanol–water partition coefficient (Wildman–Crippen LogP) is 6.42. The third-order valence-electron chi connectivity index (χ3n) is 6.16. The molecule has 1 aliphatic rings. The van der Waals surface area contributed by atoms with Gasteiger partial charge in [0.1, 0.15) is 16.6 Å². The lowest BCUT2D eigenvalue weighted by atomic mass is 10.0. The van der Waals surface area contributed by atoms with Gasteiger partial charge in [-0.3, -0.25) is 0 Å². The lowest BCUT2D eigenvalue weighted by Crippen LogP contribution is -2.55. The van der Waals surface area contributed by atoms with E-state index in [9.17, 15) is 9.59 Å². The van der Waals surface area contributed by atoms with Crippen molar-refractivity contribution in [1.29, 1.82) is 0 Å². The minimum absolute atomic E-state index is 0.102. The number of nitrogens with zero attached hydrogens (tertiary/aromatic N) is 5. The van der Waals surface area contributed by atoms with Gasteiger partial charge in [0.05, 0.1) is 16.1 Å². The lowest BCUT2D eigenvalue weighted by molar-refractivity contribution is 0.0218. The Labute approximate surface area is 234 Å². The fraction of sp³-hybridized carbons (Fsp3) is 0.462. The number of benzene rings is 1. The molecular formula is C26H30BrCl2N5O3. The van der Waals surface area contributed by atoms with Gasteiger partial charge < -0.3 is 14.5 Å². The van der Waals surface area contributed by atoms with Crippen LogP contribution in [0.5, 0.6) is 0 Å². The zero-order valence-corrected chi connectivity index (χ0v) is 24.8. The molecule has 198 valence electrons. The molecule has 4 rings (SSSR count). The second kappa shape index (κ2) is 10.4. The molecule has 0 unspecified atom stereocenters. The minimum Gasteiger partial charge on any atom is -0.444 e. The van der Waals surface area contributed by atoms with Crippen molar-refractivity contribution in [1.82, 2.24) is 19.4 Å². The maximum Gasteiger partial charge on any atom is 0.410 e. The molecule has 0 bridgehead atoms. The first-order valence-electron chi connectivity index (χ1n) is 12.1. The van der Waals surface area contributed by atoms with E-state index in [1.807, 2.05) is 50.8 Å². The Bertz CT molecular complexity index is 1420. The zero-order valence-electron chi connectivity index (χ0n) is 21.7. The number of anilines is 1. The molecule has 1 aromatic carbocycles. The van der Waals surface area contributed by atoms with Crippen LogP contribution in [0, 0.1) is 0 Å². The van der Waals surface area contributed by atoms with E-state index in [0.717, 1.165) is 10.0 Å². The van der Waals surface area contributed by atoms with Gasteiger partial charge >= 0.3 is 11.8 Å². The number of hydrogen-bond acceptors (Lipinski definition) is 6. The Morgan fingerprint density at radius 3 is 2.49 bits per heavy atom. The van der Waals surface area contributed by atoms with Crippen LogP contribution in [0.25, 0.3) is 16.7 Å². The summed E-state index contributed by atoms with van der Waals surface area (Å²) in [6.45, 7) is 12.9. The zero-order chi connectivity index (χ0) is 27.2. The van der Waals surface area contributed by atoms with Crippen molar-refractivity contribution < 1.29 is 9.53 Å². The average Bonchev–Trinajstić information content (AvgIpc) is 2.79. The smallest absolute Gasteiger partial charge is 0.410 e. The molecule has 3 aromatic rings. The van der Waals surface area contributed by atoms with Gasteiger partial charge in [0.15, 0.2) is 5.65 Å². The molecule has 1 saturated heterocycles. The highest BCUT2D eigenvalue weighted by molar-refractivity contribution is 9.10. The fourth-order valence-corrected chi connectivity index (χ4v) is 5.14. The van der Waals surface area contributed by atoms with Crippen LogP contribution in [0.3, 0.4) is 0 Å². The number of pyridine rings is 1. The molecule has 0 aliphatic carbocycles. The number of fused-ring (bicyclic) bond motifs is 1. The van der Waals surface area contributed by atoms with Crippen molar-refractivity contribution in [3.8, 4) is 5.69 Å². The third kappa shape index (κ3) is 5.73. The minimum atomic E-state index is -0.580. The number of hydrogen-bond donors (Lipinski definition) is 0. The van der Waals surface area contributed by atoms with Crippen LogP contribution in [0.4, 0.5) is 10.6 Å². The summed E-state index contributed by atoms with van der Waals surface area (Å²) >= 11 is 16.3. The van der Waals surface area contributed by atoms with Gasteiger partial charge in [-0.05, 0) is 63.4 Å². The molecule has 1 fully saturated rings. The molecule has 0 N–H and O–H groups in total. The van der Waals surface area contributed by atoms with Crippen LogP contribution in [0.1, 0.15) is 53.0 Å². The standard InChI is InChI=1S/C26H30BrCl2N5O3/c1-14(2)17-11-16(27)7-8-20(17)34-23-18(12-19(28)21(29)30-23)22(31-24(34)35)33-10-9-32(13-15(33)3)25(36)37-26(4,5)6/h7-8,11-12,14-15H,9-10,13H2,1-6H3/t15-/m0/s1. The number of rotatable bonds is 3. The molecule has 37 heavy (non-hydrogen) atoms. The molecule has 3 heterocycles. The summed E-state index contributed by atoms with van der Waals surface area (Å²) in [6, 6.07) is 7.30. The average molecular weight is 611 g/mol. The summed E-state index contributed by atoms with van der Waals surface area (Å²) in [7, 11) is 0. The quantitative estimate of drug-likeness (QED) is 0.318. The third-order valence-corrected chi connectivity index (χ3v) is 7.33. The molecule has 0 radical (unpaired) electrons. The first kappa shape index (κ1) is 27.7. The summed E-state index contributed by atoms with van der Waals surface area (Å²) in [4.78, 5) is 39.0. The fourth-order valence-electron chi connectivity index (χ4n) is 4.48. The van der Waals surface area contributed by atoms with Gasteiger partial charge in [0.25, 0.3) is 0 Å². The highest BCUT2D eigenvalue weighted by atomic mass is 79.9. The lowest BCUT2D eigenvalue weighted by Gasteiger charge is -2.41. The van der Waals surface area contributed by atoms with Crippen molar-refractivity contribution in [2.45, 2.75) is 59.1 Å². The summed E-state index contributed by atoms with van der Waals surface area (Å²) in [5, 5.41) is 0.969. The Kier molecular flexibility index (Phi) is 7.79. The molecule has 2 aromatic heterocycles. The number of carbonyl (C=O) groups excluding carboxylic acids is 1. The number of carbonyl (C=O) groups is 1. The number of ether oxygens (including phenoxy) is 1. The number of halogens is 3. The highest BCUT2D eigenvalue weighted by Gasteiger charge is 2.32. The molecule has 1 atom stereocenters. The molecule has 1 aliphatic heterocycles. The Morgan fingerprint density at radius 1 is 1.16 bits per heavy atom. The first-order chi connectivity index (χ1) is 17.3. The van der Waals surface area contributed by atoms with Crippen LogP contribution < -0.4 is 10.6 Å². The molecule has 0 saturated carbocycles. The summed E-state index contributed by atoms with van der Waals surface area (Å²) in [5.41, 5.74) is 0.957. The molecule has 0 spiro atoms. The van der Waals surface area contributed by atoms with Crippen molar-refractivity contribution in [3.63, 3.8) is 0 Å². The topological polar surface area (TPSA) is 80.6 Å². The van der Waals surface area contributed by atoms with Crippen LogP contribution in [0.15, 0.2) is 33.5 Å². The van der Waals surface area contributed by atoms with E-state index >= 15 is 0 Å². The summed E-state index contributed by atoms with van der Waals surface area (Å²) in [6.07, 6.45) is -0.361. The normalized spacial score (nSPS) is 16.5. The SMILES string of the molecule is CC(C)c1cc(Br)ccc1-n1c(=O)nc(N2CCN(C(=O)OC(C)(C)C)C[C@@H]2C)c2cc(Cl)c(Cl)nc21. The van der Waals surface area contributed by atoms with E-state index in [4.69, 9.17) is 27.9 Å². The Balaban J connectivity index is 1.83. The summed E-state index contributed by atoms with van der Waals surface area (Å²) in [5.74, 6) is 0.597. The van der Waals surface area contributed by atoms with Gasteiger partial charge in [0.2, 0.25) is 0 Å². The van der Waals surface area contributed by atoms with Gasteiger partial charge in [-0.1, -0.05) is 53.0 Å². The number of piperazine rings is 1. The predicted molar refractivity (Wildman–Crippen MR) is 152 cm³/mol. The number of aromatic nitrogens is 3. The van der Waals surface area contributed by atoms with E-state index in [-0.39, 0.29) is 28.2 Å². The van der Waals surface area contributed by atoms with Gasteiger partial charge in [-0.15, -0.1) is 0 Å². The maximum absolute atomic E-state index is 13.6.